The van der Waals surface area contributed by atoms with Crippen LogP contribution in [0.3, 0.4) is 0 Å². The maximum absolute atomic E-state index is 4.75. The van der Waals surface area contributed by atoms with Crippen molar-refractivity contribution < 1.29 is 0 Å². The summed E-state index contributed by atoms with van der Waals surface area (Å²) < 4.78 is 0. The Kier molecular flexibility index (Phi) is 4.80. The highest BCUT2D eigenvalue weighted by molar-refractivity contribution is 7.09. The summed E-state index contributed by atoms with van der Waals surface area (Å²) in [5, 5.41) is 6.99. The van der Waals surface area contributed by atoms with E-state index >= 15 is 0 Å². The SMILES string of the molecule is CC(=CCCNC1CC1)Cc1nc(C(C)(C)C)cs1. The van der Waals surface area contributed by atoms with E-state index in [0.717, 1.165) is 25.4 Å². The van der Waals surface area contributed by atoms with Gasteiger partial charge in [-0.15, -0.1) is 11.3 Å². The number of hydrogen-bond donors (Lipinski definition) is 1. The molecule has 0 aromatic carbocycles. The summed E-state index contributed by atoms with van der Waals surface area (Å²) in [6.45, 7) is 10.00. The monoisotopic (exact) mass is 278 g/mol. The number of thiazole rings is 1. The van der Waals surface area contributed by atoms with Crippen molar-refractivity contribution in [1.82, 2.24) is 10.3 Å². The van der Waals surface area contributed by atoms with E-state index in [2.05, 4.69) is 44.5 Å². The maximum atomic E-state index is 4.75. The van der Waals surface area contributed by atoms with Gasteiger partial charge < -0.3 is 5.32 Å². The van der Waals surface area contributed by atoms with Crippen molar-refractivity contribution in [2.75, 3.05) is 6.54 Å². The summed E-state index contributed by atoms with van der Waals surface area (Å²) in [7, 11) is 0. The van der Waals surface area contributed by atoms with Gasteiger partial charge >= 0.3 is 0 Å². The van der Waals surface area contributed by atoms with Gasteiger partial charge in [0.05, 0.1) is 10.7 Å². The van der Waals surface area contributed by atoms with Gasteiger partial charge in [0.25, 0.3) is 0 Å². The first-order valence-electron chi connectivity index (χ1n) is 7.29. The Morgan fingerprint density at radius 3 is 2.79 bits per heavy atom. The van der Waals surface area contributed by atoms with Crippen LogP contribution in [0.4, 0.5) is 0 Å². The Labute approximate surface area is 121 Å². The van der Waals surface area contributed by atoms with Crippen molar-refractivity contribution in [2.24, 2.45) is 0 Å². The van der Waals surface area contributed by atoms with E-state index < -0.39 is 0 Å². The zero-order valence-corrected chi connectivity index (χ0v) is 13.4. The van der Waals surface area contributed by atoms with Crippen LogP contribution in [0.5, 0.6) is 0 Å². The van der Waals surface area contributed by atoms with Gasteiger partial charge in [-0.3, -0.25) is 0 Å². The molecule has 0 bridgehead atoms. The smallest absolute Gasteiger partial charge is 0.0968 e. The van der Waals surface area contributed by atoms with Gasteiger partial charge in [-0.2, -0.15) is 0 Å². The molecule has 1 saturated carbocycles. The number of hydrogen-bond acceptors (Lipinski definition) is 3. The molecule has 0 amide bonds. The molecule has 0 unspecified atom stereocenters. The standard InChI is InChI=1S/C16H26N2S/c1-12(6-5-9-17-13-7-8-13)10-15-18-14(11-19-15)16(2,3)4/h6,11,13,17H,5,7-10H2,1-4H3. The Bertz CT molecular complexity index is 436. The van der Waals surface area contributed by atoms with Crippen molar-refractivity contribution in [2.45, 2.75) is 64.8 Å². The average Bonchev–Trinajstić information content (AvgIpc) is 3.01. The second-order valence-corrected chi connectivity index (χ2v) is 7.56. The van der Waals surface area contributed by atoms with Crippen LogP contribution in [0.1, 0.15) is 57.7 Å². The third kappa shape index (κ3) is 5.07. The summed E-state index contributed by atoms with van der Waals surface area (Å²) in [6, 6.07) is 0.821. The quantitative estimate of drug-likeness (QED) is 0.626. The van der Waals surface area contributed by atoms with Crippen molar-refractivity contribution >= 4 is 11.3 Å². The topological polar surface area (TPSA) is 24.9 Å². The van der Waals surface area contributed by atoms with E-state index in [1.807, 2.05) is 0 Å². The fourth-order valence-corrected chi connectivity index (χ4v) is 3.06. The van der Waals surface area contributed by atoms with Gasteiger partial charge in [0, 0.05) is 23.3 Å². The summed E-state index contributed by atoms with van der Waals surface area (Å²) in [5.41, 5.74) is 2.82. The van der Waals surface area contributed by atoms with Crippen LogP contribution in [-0.4, -0.2) is 17.6 Å². The molecule has 1 aromatic rings. The van der Waals surface area contributed by atoms with Crippen LogP contribution in [0.15, 0.2) is 17.0 Å². The molecule has 106 valence electrons. The van der Waals surface area contributed by atoms with Crippen LogP contribution < -0.4 is 5.32 Å². The number of nitrogens with zero attached hydrogens (tertiary/aromatic N) is 1. The van der Waals surface area contributed by atoms with Crippen LogP contribution in [-0.2, 0) is 11.8 Å². The fraction of sp³-hybridized carbons (Fsp3) is 0.688. The molecule has 1 fully saturated rings. The Balaban J connectivity index is 1.78. The molecular weight excluding hydrogens is 252 g/mol. The molecule has 0 aliphatic heterocycles. The molecule has 1 aliphatic carbocycles. The molecule has 0 spiro atoms. The van der Waals surface area contributed by atoms with E-state index in [0.29, 0.717) is 0 Å². The molecule has 3 heteroatoms. The third-order valence-electron chi connectivity index (χ3n) is 3.40. The second kappa shape index (κ2) is 6.19. The largest absolute Gasteiger partial charge is 0.314 e. The fourth-order valence-electron chi connectivity index (χ4n) is 1.94. The average molecular weight is 278 g/mol. The van der Waals surface area contributed by atoms with Gasteiger partial charge in [0.15, 0.2) is 0 Å². The highest BCUT2D eigenvalue weighted by Gasteiger charge is 2.19. The lowest BCUT2D eigenvalue weighted by Gasteiger charge is -2.14. The van der Waals surface area contributed by atoms with Gasteiger partial charge in [-0.05, 0) is 32.7 Å². The summed E-state index contributed by atoms with van der Waals surface area (Å²) >= 11 is 1.79. The maximum Gasteiger partial charge on any atom is 0.0968 e. The van der Waals surface area contributed by atoms with E-state index in [1.165, 1.54) is 29.1 Å². The minimum atomic E-state index is 0.167. The third-order valence-corrected chi connectivity index (χ3v) is 4.25. The summed E-state index contributed by atoms with van der Waals surface area (Å²) in [4.78, 5) is 4.75. The number of aromatic nitrogens is 1. The zero-order chi connectivity index (χ0) is 13.9. The molecule has 2 nitrogen and oxygen atoms in total. The zero-order valence-electron chi connectivity index (χ0n) is 12.6. The highest BCUT2D eigenvalue weighted by Crippen LogP contribution is 2.25. The lowest BCUT2D eigenvalue weighted by atomic mass is 9.93. The molecule has 0 radical (unpaired) electrons. The van der Waals surface area contributed by atoms with Crippen LogP contribution in [0.2, 0.25) is 0 Å². The van der Waals surface area contributed by atoms with Crippen LogP contribution in [0, 0.1) is 0 Å². The molecule has 1 N–H and O–H groups in total. The van der Waals surface area contributed by atoms with Crippen LogP contribution >= 0.6 is 11.3 Å². The Morgan fingerprint density at radius 2 is 2.21 bits per heavy atom. The summed E-state index contributed by atoms with van der Waals surface area (Å²) in [6.07, 6.45) is 7.24. The first-order valence-corrected chi connectivity index (χ1v) is 8.17. The molecule has 1 aliphatic rings. The first kappa shape index (κ1) is 14.7. The molecule has 1 aromatic heterocycles. The van der Waals surface area contributed by atoms with E-state index in [-0.39, 0.29) is 5.41 Å². The van der Waals surface area contributed by atoms with Crippen LogP contribution in [0.25, 0.3) is 0 Å². The van der Waals surface area contributed by atoms with E-state index in [4.69, 9.17) is 4.98 Å². The van der Waals surface area contributed by atoms with Gasteiger partial charge in [-0.1, -0.05) is 32.4 Å². The molecule has 19 heavy (non-hydrogen) atoms. The summed E-state index contributed by atoms with van der Waals surface area (Å²) in [5.74, 6) is 0. The Morgan fingerprint density at radius 1 is 1.47 bits per heavy atom. The molecule has 0 saturated heterocycles. The van der Waals surface area contributed by atoms with E-state index in [9.17, 15) is 0 Å². The van der Waals surface area contributed by atoms with Crippen molar-refractivity contribution in [3.8, 4) is 0 Å². The lowest BCUT2D eigenvalue weighted by Crippen LogP contribution is -2.16. The van der Waals surface area contributed by atoms with Crippen molar-refractivity contribution in [3.63, 3.8) is 0 Å². The predicted octanol–water partition coefficient (Wildman–Crippen LogP) is 4.07. The van der Waals surface area contributed by atoms with Crippen molar-refractivity contribution in [1.29, 1.82) is 0 Å². The number of nitrogens with one attached hydrogen (secondary N) is 1. The van der Waals surface area contributed by atoms with E-state index in [1.54, 1.807) is 11.3 Å². The molecule has 0 atom stereocenters. The van der Waals surface area contributed by atoms with Gasteiger partial charge in [-0.25, -0.2) is 4.98 Å². The minimum Gasteiger partial charge on any atom is -0.314 e. The molecule has 2 rings (SSSR count). The second-order valence-electron chi connectivity index (χ2n) is 6.62. The first-order chi connectivity index (χ1) is 8.95. The minimum absolute atomic E-state index is 0.167. The number of allylic oxidation sites excluding steroid dienone is 1. The normalized spacial score (nSPS) is 16.9. The Hall–Kier alpha value is -0.670. The highest BCUT2D eigenvalue weighted by atomic mass is 32.1. The lowest BCUT2D eigenvalue weighted by molar-refractivity contribution is 0.571. The van der Waals surface area contributed by atoms with Gasteiger partial charge in [0.1, 0.15) is 0 Å². The van der Waals surface area contributed by atoms with Crippen molar-refractivity contribution in [3.05, 3.63) is 27.7 Å². The number of rotatable bonds is 6. The van der Waals surface area contributed by atoms with Gasteiger partial charge in [0.2, 0.25) is 0 Å². The molecular formula is C16H26N2S. The molecule has 1 heterocycles. The predicted molar refractivity (Wildman–Crippen MR) is 83.9 cm³/mol.